The van der Waals surface area contributed by atoms with Gasteiger partial charge in [-0.2, -0.15) is 0 Å². The summed E-state index contributed by atoms with van der Waals surface area (Å²) in [6, 6.07) is 4.58. The van der Waals surface area contributed by atoms with E-state index in [0.29, 0.717) is 25.9 Å². The number of carbonyl (C=O) groups is 1. The number of amides is 1. The minimum atomic E-state index is -3.62. The van der Waals surface area contributed by atoms with E-state index in [4.69, 9.17) is 16.3 Å². The zero-order chi connectivity index (χ0) is 19.6. The topological polar surface area (TPSA) is 101 Å². The lowest BCUT2D eigenvalue weighted by Crippen LogP contribution is -2.48. The zero-order valence-corrected chi connectivity index (χ0v) is 17.3. The van der Waals surface area contributed by atoms with Gasteiger partial charge in [-0.15, -0.1) is 16.8 Å². The van der Waals surface area contributed by atoms with Crippen molar-refractivity contribution in [3.8, 4) is 5.75 Å². The summed E-state index contributed by atoms with van der Waals surface area (Å²) in [6.07, 6.45) is 1.76. The molecule has 2 heterocycles. The first-order chi connectivity index (χ1) is 12.8. The van der Waals surface area contributed by atoms with Gasteiger partial charge in [-0.05, 0) is 18.2 Å². The monoisotopic (exact) mass is 446 g/mol. The van der Waals surface area contributed by atoms with Gasteiger partial charge in [0.25, 0.3) is 5.91 Å². The van der Waals surface area contributed by atoms with E-state index in [0.717, 1.165) is 10.6 Å². The van der Waals surface area contributed by atoms with Crippen LogP contribution in [0.1, 0.15) is 0 Å². The van der Waals surface area contributed by atoms with Crippen LogP contribution in [0, 0.1) is 0 Å². The van der Waals surface area contributed by atoms with Crippen molar-refractivity contribution in [3.63, 3.8) is 0 Å². The molecule has 144 valence electrons. The fourth-order valence-electron chi connectivity index (χ4n) is 2.31. The highest BCUT2D eigenvalue weighted by Crippen LogP contribution is 2.37. The van der Waals surface area contributed by atoms with Crippen LogP contribution in [0.4, 0.5) is 10.8 Å². The lowest BCUT2D eigenvalue weighted by molar-refractivity contribution is -0.122. The van der Waals surface area contributed by atoms with Crippen LogP contribution in [-0.4, -0.2) is 49.2 Å². The summed E-state index contributed by atoms with van der Waals surface area (Å²) in [4.78, 5) is 12.6. The first-order valence-electron chi connectivity index (χ1n) is 7.60. The fourth-order valence-corrected chi connectivity index (χ4v) is 4.90. The van der Waals surface area contributed by atoms with E-state index >= 15 is 0 Å². The fraction of sp³-hybridized carbons (Fsp3) is 0.267. The van der Waals surface area contributed by atoms with Gasteiger partial charge >= 0.3 is 0 Å². The third kappa shape index (κ3) is 4.72. The smallest absolute Gasteiger partial charge is 0.269 e. The number of thioether (sulfide) groups is 1. The average molecular weight is 447 g/mol. The molecule has 0 bridgehead atoms. The number of hydrogen-bond acceptors (Lipinski definition) is 8. The van der Waals surface area contributed by atoms with Crippen LogP contribution in [-0.2, 0) is 14.8 Å². The highest BCUT2D eigenvalue weighted by Gasteiger charge is 2.35. The molecule has 12 heteroatoms. The Balaban J connectivity index is 1.78. The van der Waals surface area contributed by atoms with Crippen molar-refractivity contribution < 1.29 is 17.9 Å². The minimum Gasteiger partial charge on any atom is -0.476 e. The Morgan fingerprint density at radius 1 is 1.56 bits per heavy atom. The Bertz CT molecular complexity index is 979. The number of ether oxygens (including phenoxy) is 1. The molecule has 1 atom stereocenters. The summed E-state index contributed by atoms with van der Waals surface area (Å²) in [6.45, 7) is 3.46. The molecule has 8 nitrogen and oxygen atoms in total. The molecule has 3 rings (SSSR count). The highest BCUT2D eigenvalue weighted by atomic mass is 35.5. The van der Waals surface area contributed by atoms with E-state index in [2.05, 4.69) is 22.1 Å². The third-order valence-corrected chi connectivity index (χ3v) is 6.79. The van der Waals surface area contributed by atoms with E-state index in [1.165, 1.54) is 35.2 Å². The SMILES string of the molecule is C=CCSc1nnc(NC(=O)C2CN(S(C)(=O)=O)c3cc(Cl)ccc3O2)s1. The molecule has 1 aromatic heterocycles. The largest absolute Gasteiger partial charge is 0.476 e. The van der Waals surface area contributed by atoms with Crippen molar-refractivity contribution in [2.24, 2.45) is 0 Å². The highest BCUT2D eigenvalue weighted by molar-refractivity contribution is 8.01. The number of rotatable bonds is 6. The molecule has 0 spiro atoms. The maximum atomic E-state index is 12.6. The van der Waals surface area contributed by atoms with Gasteiger partial charge in [0.05, 0.1) is 18.5 Å². The molecule has 27 heavy (non-hydrogen) atoms. The second-order valence-corrected chi connectivity index (χ2v) is 10.1. The Morgan fingerprint density at radius 2 is 2.33 bits per heavy atom. The van der Waals surface area contributed by atoms with E-state index in [-0.39, 0.29) is 12.3 Å². The molecule has 0 aliphatic carbocycles. The number of fused-ring (bicyclic) bond motifs is 1. The number of carbonyl (C=O) groups excluding carboxylic acids is 1. The number of hydrogen-bond donors (Lipinski definition) is 1. The second-order valence-electron chi connectivity index (χ2n) is 5.47. The molecule has 2 aromatic rings. The van der Waals surface area contributed by atoms with Gasteiger partial charge in [-0.3, -0.25) is 14.4 Å². The summed E-state index contributed by atoms with van der Waals surface area (Å²) in [5, 5.41) is 11.2. The van der Waals surface area contributed by atoms with Gasteiger partial charge in [0.2, 0.25) is 15.2 Å². The van der Waals surface area contributed by atoms with Crippen LogP contribution in [0.2, 0.25) is 5.02 Å². The number of nitrogens with zero attached hydrogens (tertiary/aromatic N) is 3. The molecule has 1 aliphatic rings. The Morgan fingerprint density at radius 3 is 3.04 bits per heavy atom. The first-order valence-corrected chi connectivity index (χ1v) is 11.6. The van der Waals surface area contributed by atoms with Crippen LogP contribution in [0.15, 0.2) is 35.2 Å². The van der Waals surface area contributed by atoms with E-state index in [1.54, 1.807) is 12.1 Å². The minimum absolute atomic E-state index is 0.172. The van der Waals surface area contributed by atoms with Crippen molar-refractivity contribution >= 4 is 61.4 Å². The van der Waals surface area contributed by atoms with Crippen LogP contribution in [0.5, 0.6) is 5.75 Å². The number of halogens is 1. The van der Waals surface area contributed by atoms with Gasteiger partial charge < -0.3 is 4.74 Å². The molecule has 1 unspecified atom stereocenters. The summed E-state index contributed by atoms with van der Waals surface area (Å²) in [5.41, 5.74) is 0.299. The predicted molar refractivity (Wildman–Crippen MR) is 108 cm³/mol. The maximum Gasteiger partial charge on any atom is 0.269 e. The van der Waals surface area contributed by atoms with Gasteiger partial charge in [-0.25, -0.2) is 8.42 Å². The molecule has 0 fully saturated rings. The molecular formula is C15H15ClN4O4S3. The van der Waals surface area contributed by atoms with E-state index in [9.17, 15) is 13.2 Å². The number of sulfonamides is 1. The summed E-state index contributed by atoms with van der Waals surface area (Å²) < 4.78 is 31.8. The summed E-state index contributed by atoms with van der Waals surface area (Å²) >= 11 is 8.62. The molecule has 0 radical (unpaired) electrons. The standard InChI is InChI=1S/C15H15ClN4O4S3/c1-3-6-25-15-19-18-14(26-15)17-13(21)12-8-20(27(2,22)23)10-7-9(16)4-5-11(10)24-12/h3-5,7,12H,1,6,8H2,2H3,(H,17,18,21). The number of aromatic nitrogens is 2. The lowest BCUT2D eigenvalue weighted by atomic mass is 10.2. The maximum absolute atomic E-state index is 12.6. The quantitative estimate of drug-likeness (QED) is 0.413. The normalized spacial score (nSPS) is 16.4. The van der Waals surface area contributed by atoms with Gasteiger partial charge in [-0.1, -0.05) is 40.8 Å². The van der Waals surface area contributed by atoms with E-state index < -0.39 is 22.0 Å². The number of benzene rings is 1. The first kappa shape index (κ1) is 19.9. The molecule has 0 saturated carbocycles. The third-order valence-electron chi connectivity index (χ3n) is 3.44. The molecule has 1 amide bonds. The van der Waals surface area contributed by atoms with Crippen molar-refractivity contribution in [2.75, 3.05) is 28.2 Å². The molecule has 1 N–H and O–H groups in total. The van der Waals surface area contributed by atoms with Crippen molar-refractivity contribution in [3.05, 3.63) is 35.9 Å². The van der Waals surface area contributed by atoms with Gasteiger partial charge in [0.15, 0.2) is 10.4 Å². The molecule has 1 aromatic carbocycles. The Hall–Kier alpha value is -1.82. The average Bonchev–Trinajstić information content (AvgIpc) is 3.05. The Labute approximate surface area is 169 Å². The summed E-state index contributed by atoms with van der Waals surface area (Å²) in [5.74, 6) is 0.424. The van der Waals surface area contributed by atoms with E-state index in [1.807, 2.05) is 0 Å². The van der Waals surface area contributed by atoms with Gasteiger partial charge in [0, 0.05) is 10.8 Å². The zero-order valence-electron chi connectivity index (χ0n) is 14.1. The van der Waals surface area contributed by atoms with Crippen LogP contribution in [0.25, 0.3) is 0 Å². The van der Waals surface area contributed by atoms with Crippen LogP contribution >= 0.6 is 34.7 Å². The van der Waals surface area contributed by atoms with Gasteiger partial charge in [0.1, 0.15) is 5.75 Å². The number of anilines is 2. The molecule has 0 saturated heterocycles. The van der Waals surface area contributed by atoms with Crippen molar-refractivity contribution in [2.45, 2.75) is 10.4 Å². The predicted octanol–water partition coefficient (Wildman–Crippen LogP) is 2.64. The summed E-state index contributed by atoms with van der Waals surface area (Å²) in [7, 11) is -3.62. The van der Waals surface area contributed by atoms with Crippen molar-refractivity contribution in [1.82, 2.24) is 10.2 Å². The Kier molecular flexibility index (Phi) is 5.94. The lowest BCUT2D eigenvalue weighted by Gasteiger charge is -2.33. The second kappa shape index (κ2) is 8.05. The van der Waals surface area contributed by atoms with Crippen LogP contribution < -0.4 is 14.4 Å². The molecular weight excluding hydrogens is 432 g/mol. The molecule has 1 aliphatic heterocycles. The van der Waals surface area contributed by atoms with Crippen LogP contribution in [0.3, 0.4) is 0 Å². The van der Waals surface area contributed by atoms with Crippen molar-refractivity contribution in [1.29, 1.82) is 0 Å². The number of nitrogens with one attached hydrogen (secondary N) is 1.